The van der Waals surface area contributed by atoms with Crippen LogP contribution in [0, 0.1) is 5.21 Å². The first kappa shape index (κ1) is 19.7. The van der Waals surface area contributed by atoms with Crippen molar-refractivity contribution >= 4 is 12.1 Å². The summed E-state index contributed by atoms with van der Waals surface area (Å²) in [5.74, 6) is -0.835. The van der Waals surface area contributed by atoms with Gasteiger partial charge in [0.25, 0.3) is 6.29 Å². The first-order valence-corrected chi connectivity index (χ1v) is 6.97. The SMILES string of the molecule is CCOC(=O)OC(C)ON=[N+]([O-])N(C)CCCCCC(=O)O. The number of hydrazine groups is 1. The number of carboxylic acids is 1. The molecular weight excluding hydrogens is 298 g/mol. The number of rotatable bonds is 11. The number of carbonyl (C=O) groups is 2. The largest absolute Gasteiger partial charge is 0.569 e. The lowest BCUT2D eigenvalue weighted by Crippen LogP contribution is -2.28. The third kappa shape index (κ3) is 10.5. The van der Waals surface area contributed by atoms with Gasteiger partial charge in [-0.15, -0.1) is 5.01 Å². The van der Waals surface area contributed by atoms with Gasteiger partial charge >= 0.3 is 12.1 Å². The standard InChI is InChI=1S/C12H23N3O7/c1-4-20-12(18)21-10(2)22-13-15(19)14(3)9-7-5-6-8-11(16)17/h10H,4-9H2,1-3H3,(H,16,17). The topological polar surface area (TPSA) is 124 Å². The molecule has 0 saturated carbocycles. The summed E-state index contributed by atoms with van der Waals surface area (Å²) in [6.45, 7) is 3.58. The molecule has 0 amide bonds. The molecule has 1 N–H and O–H groups in total. The Kier molecular flexibility index (Phi) is 10.2. The fourth-order valence-corrected chi connectivity index (χ4v) is 1.36. The normalized spacial score (nSPS) is 12.4. The number of hydrogen-bond acceptors (Lipinski definition) is 7. The summed E-state index contributed by atoms with van der Waals surface area (Å²) in [7, 11) is 1.51. The molecule has 1 unspecified atom stereocenters. The van der Waals surface area contributed by atoms with E-state index < -0.39 is 18.4 Å². The molecule has 128 valence electrons. The van der Waals surface area contributed by atoms with Gasteiger partial charge in [-0.3, -0.25) is 9.63 Å². The van der Waals surface area contributed by atoms with Gasteiger partial charge in [0.1, 0.15) is 0 Å². The van der Waals surface area contributed by atoms with Crippen molar-refractivity contribution in [2.24, 2.45) is 5.28 Å². The highest BCUT2D eigenvalue weighted by molar-refractivity contribution is 5.66. The second-order valence-electron chi connectivity index (χ2n) is 4.39. The fraction of sp³-hybridized carbons (Fsp3) is 0.833. The van der Waals surface area contributed by atoms with E-state index in [4.69, 9.17) is 9.94 Å². The van der Waals surface area contributed by atoms with Gasteiger partial charge in [0.05, 0.1) is 25.2 Å². The number of hydrogen-bond donors (Lipinski definition) is 1. The molecule has 0 fully saturated rings. The molecule has 0 spiro atoms. The number of unbranched alkanes of at least 4 members (excludes halogenated alkanes) is 2. The lowest BCUT2D eigenvalue weighted by atomic mass is 10.2. The number of ether oxygens (including phenoxy) is 2. The Balaban J connectivity index is 3.93. The Bertz CT molecular complexity index is 376. The third-order valence-electron chi connectivity index (χ3n) is 2.45. The number of aliphatic carboxylic acids is 1. The quantitative estimate of drug-likeness (QED) is 0.153. The molecule has 0 aromatic carbocycles. The van der Waals surface area contributed by atoms with Crippen molar-refractivity contribution in [1.29, 1.82) is 0 Å². The maximum Gasteiger partial charge on any atom is 0.511 e. The molecule has 0 aliphatic rings. The maximum atomic E-state index is 11.5. The summed E-state index contributed by atoms with van der Waals surface area (Å²) < 4.78 is 9.17. The highest BCUT2D eigenvalue weighted by Crippen LogP contribution is 2.02. The van der Waals surface area contributed by atoms with Crippen LogP contribution in [0.5, 0.6) is 0 Å². The number of carboxylic acid groups (broad SMARTS) is 1. The minimum atomic E-state index is -1.06. The highest BCUT2D eigenvalue weighted by Gasteiger charge is 2.13. The van der Waals surface area contributed by atoms with E-state index in [1.54, 1.807) is 6.92 Å². The predicted octanol–water partition coefficient (Wildman–Crippen LogP) is 1.89. The fourth-order valence-electron chi connectivity index (χ4n) is 1.36. The van der Waals surface area contributed by atoms with E-state index in [0.29, 0.717) is 25.8 Å². The minimum absolute atomic E-state index is 0.112. The van der Waals surface area contributed by atoms with E-state index in [1.165, 1.54) is 19.0 Å². The van der Waals surface area contributed by atoms with E-state index in [1.807, 2.05) is 0 Å². The van der Waals surface area contributed by atoms with Crippen molar-refractivity contribution in [3.8, 4) is 0 Å². The monoisotopic (exact) mass is 321 g/mol. The Morgan fingerprint density at radius 2 is 2.05 bits per heavy atom. The Morgan fingerprint density at radius 1 is 1.36 bits per heavy atom. The number of nitrogens with zero attached hydrogens (tertiary/aromatic N) is 3. The van der Waals surface area contributed by atoms with Gasteiger partial charge < -0.3 is 19.8 Å². The molecule has 0 radical (unpaired) electrons. The Hall–Kier alpha value is -2.26. The van der Waals surface area contributed by atoms with Crippen molar-refractivity contribution in [2.75, 3.05) is 20.2 Å². The molecule has 22 heavy (non-hydrogen) atoms. The van der Waals surface area contributed by atoms with Crippen molar-refractivity contribution in [3.63, 3.8) is 0 Å². The van der Waals surface area contributed by atoms with Gasteiger partial charge in [-0.1, -0.05) is 6.42 Å². The average molecular weight is 321 g/mol. The number of carbonyl (C=O) groups excluding carboxylic acids is 1. The molecule has 0 aliphatic carbocycles. The average Bonchev–Trinajstić information content (AvgIpc) is 2.43. The molecular formula is C12H23N3O7. The molecule has 0 aromatic rings. The van der Waals surface area contributed by atoms with Crippen LogP contribution in [-0.2, 0) is 19.1 Å². The minimum Gasteiger partial charge on any atom is -0.569 e. The van der Waals surface area contributed by atoms with Gasteiger partial charge in [-0.05, 0) is 19.8 Å². The third-order valence-corrected chi connectivity index (χ3v) is 2.45. The van der Waals surface area contributed by atoms with Crippen molar-refractivity contribution in [1.82, 2.24) is 5.01 Å². The van der Waals surface area contributed by atoms with Gasteiger partial charge in [0, 0.05) is 13.3 Å². The molecule has 0 aromatic heterocycles. The second-order valence-corrected chi connectivity index (χ2v) is 4.39. The lowest BCUT2D eigenvalue weighted by molar-refractivity contribution is -0.707. The van der Waals surface area contributed by atoms with Crippen molar-refractivity contribution in [2.45, 2.75) is 45.8 Å². The van der Waals surface area contributed by atoms with Crippen LogP contribution in [0.4, 0.5) is 4.79 Å². The molecule has 1 atom stereocenters. The highest BCUT2D eigenvalue weighted by atomic mass is 16.8. The molecule has 10 nitrogen and oxygen atoms in total. The molecule has 0 heterocycles. The maximum absolute atomic E-state index is 11.5. The van der Waals surface area contributed by atoms with Crippen LogP contribution in [0.2, 0.25) is 0 Å². The second kappa shape index (κ2) is 11.4. The summed E-state index contributed by atoms with van der Waals surface area (Å²) >= 11 is 0. The van der Waals surface area contributed by atoms with Gasteiger partial charge in [0.2, 0.25) is 5.28 Å². The molecule has 0 aliphatic heterocycles. The summed E-state index contributed by atoms with van der Waals surface area (Å²) in [5.41, 5.74) is 0. The van der Waals surface area contributed by atoms with Crippen molar-refractivity contribution in [3.05, 3.63) is 5.21 Å². The van der Waals surface area contributed by atoms with Gasteiger partial charge in [0.15, 0.2) is 0 Å². The van der Waals surface area contributed by atoms with E-state index >= 15 is 0 Å². The van der Waals surface area contributed by atoms with Crippen molar-refractivity contribution < 1.29 is 34.0 Å². The van der Waals surface area contributed by atoms with Crippen LogP contribution in [0.25, 0.3) is 0 Å². The van der Waals surface area contributed by atoms with Crippen LogP contribution >= 0.6 is 0 Å². The zero-order valence-corrected chi connectivity index (χ0v) is 13.1. The Labute approximate surface area is 128 Å². The zero-order chi connectivity index (χ0) is 17.0. The lowest BCUT2D eigenvalue weighted by Gasteiger charge is -2.14. The van der Waals surface area contributed by atoms with E-state index in [2.05, 4.69) is 14.8 Å². The summed E-state index contributed by atoms with van der Waals surface area (Å²) in [5, 5.41) is 24.5. The zero-order valence-electron chi connectivity index (χ0n) is 13.1. The molecule has 0 rings (SSSR count). The first-order chi connectivity index (χ1) is 10.4. The first-order valence-electron chi connectivity index (χ1n) is 6.97. The van der Waals surface area contributed by atoms with Gasteiger partial charge in [-0.25, -0.2) is 4.79 Å². The molecule has 0 bridgehead atoms. The summed E-state index contributed by atoms with van der Waals surface area (Å²) in [4.78, 5) is 26.2. The predicted molar refractivity (Wildman–Crippen MR) is 73.4 cm³/mol. The van der Waals surface area contributed by atoms with E-state index in [-0.39, 0.29) is 18.0 Å². The van der Waals surface area contributed by atoms with Crippen LogP contribution in [-0.4, -0.2) is 53.7 Å². The van der Waals surface area contributed by atoms with Crippen LogP contribution in [0.3, 0.4) is 0 Å². The Morgan fingerprint density at radius 3 is 2.64 bits per heavy atom. The van der Waals surface area contributed by atoms with E-state index in [0.717, 1.165) is 0 Å². The van der Waals surface area contributed by atoms with Crippen LogP contribution < -0.4 is 0 Å². The van der Waals surface area contributed by atoms with E-state index in [9.17, 15) is 14.8 Å². The smallest absolute Gasteiger partial charge is 0.511 e. The summed E-state index contributed by atoms with van der Waals surface area (Å²) in [6, 6.07) is 0. The summed E-state index contributed by atoms with van der Waals surface area (Å²) in [6.07, 6.45) is 0.0377. The molecule has 10 heteroatoms. The van der Waals surface area contributed by atoms with Crippen LogP contribution in [0.15, 0.2) is 5.28 Å². The molecule has 0 saturated heterocycles. The van der Waals surface area contributed by atoms with Gasteiger partial charge in [-0.2, -0.15) is 0 Å². The van der Waals surface area contributed by atoms with Crippen LogP contribution in [0.1, 0.15) is 39.5 Å².